The van der Waals surface area contributed by atoms with Crippen molar-refractivity contribution in [3.63, 3.8) is 0 Å². The number of carboxylic acid groups (broad SMARTS) is 1. The minimum absolute atomic E-state index is 0.593. The molecule has 5 heteroatoms. The molecule has 0 fully saturated rings. The van der Waals surface area contributed by atoms with Crippen LogP contribution in [0.1, 0.15) is 11.6 Å². The van der Waals surface area contributed by atoms with E-state index in [2.05, 4.69) is 21.2 Å². The topological polar surface area (TPSA) is 58.6 Å². The minimum Gasteiger partial charge on any atom is -0.495 e. The van der Waals surface area contributed by atoms with E-state index in [-0.39, 0.29) is 0 Å². The molecule has 0 aliphatic rings. The van der Waals surface area contributed by atoms with Crippen LogP contribution < -0.4 is 10.1 Å². The van der Waals surface area contributed by atoms with Gasteiger partial charge >= 0.3 is 5.97 Å². The Morgan fingerprint density at radius 3 is 2.55 bits per heavy atom. The van der Waals surface area contributed by atoms with E-state index in [1.165, 1.54) is 0 Å². The summed E-state index contributed by atoms with van der Waals surface area (Å²) in [5.41, 5.74) is 1.31. The molecule has 0 saturated heterocycles. The summed E-state index contributed by atoms with van der Waals surface area (Å²) in [7, 11) is 1.55. The summed E-state index contributed by atoms with van der Waals surface area (Å²) in [6.07, 6.45) is 0. The fraction of sp³-hybridized carbons (Fsp3) is 0.133. The molecule has 1 atom stereocenters. The highest BCUT2D eigenvalue weighted by molar-refractivity contribution is 9.10. The number of halogens is 1. The molecule has 0 bridgehead atoms. The molecule has 0 heterocycles. The van der Waals surface area contributed by atoms with Crippen LogP contribution in [0.4, 0.5) is 5.69 Å². The Morgan fingerprint density at radius 2 is 1.95 bits per heavy atom. The predicted molar refractivity (Wildman–Crippen MR) is 81.1 cm³/mol. The van der Waals surface area contributed by atoms with Gasteiger partial charge in [-0.2, -0.15) is 0 Å². The van der Waals surface area contributed by atoms with Crippen molar-refractivity contribution in [1.29, 1.82) is 0 Å². The van der Waals surface area contributed by atoms with E-state index in [9.17, 15) is 9.90 Å². The zero-order chi connectivity index (χ0) is 14.5. The Bertz CT molecular complexity index is 601. The van der Waals surface area contributed by atoms with E-state index in [1.807, 2.05) is 24.3 Å². The quantitative estimate of drug-likeness (QED) is 0.874. The van der Waals surface area contributed by atoms with E-state index in [4.69, 9.17) is 4.74 Å². The molecule has 0 aliphatic carbocycles. The summed E-state index contributed by atoms with van der Waals surface area (Å²) in [6, 6.07) is 13.6. The van der Waals surface area contributed by atoms with Gasteiger partial charge in [-0.05, 0) is 23.8 Å². The lowest BCUT2D eigenvalue weighted by molar-refractivity contribution is -0.138. The smallest absolute Gasteiger partial charge is 0.330 e. The third-order valence-electron chi connectivity index (χ3n) is 2.84. The first-order valence-electron chi connectivity index (χ1n) is 5.99. The number of hydrogen-bond donors (Lipinski definition) is 2. The largest absolute Gasteiger partial charge is 0.495 e. The number of hydrogen-bond acceptors (Lipinski definition) is 3. The van der Waals surface area contributed by atoms with E-state index in [0.29, 0.717) is 17.0 Å². The van der Waals surface area contributed by atoms with Crippen LogP contribution in [0.2, 0.25) is 0 Å². The second-order valence-corrected chi connectivity index (χ2v) is 5.09. The van der Waals surface area contributed by atoms with Crippen molar-refractivity contribution in [3.05, 3.63) is 58.6 Å². The van der Waals surface area contributed by atoms with Crippen LogP contribution in [0.5, 0.6) is 5.75 Å². The minimum atomic E-state index is -0.946. The predicted octanol–water partition coefficient (Wildman–Crippen LogP) is 3.70. The number of aliphatic carboxylic acids is 1. The molecule has 0 amide bonds. The number of nitrogens with one attached hydrogen (secondary N) is 1. The summed E-state index contributed by atoms with van der Waals surface area (Å²) in [5, 5.41) is 12.4. The van der Waals surface area contributed by atoms with Gasteiger partial charge in [0.1, 0.15) is 5.75 Å². The van der Waals surface area contributed by atoms with E-state index in [0.717, 1.165) is 4.47 Å². The maximum absolute atomic E-state index is 11.5. The summed E-state index contributed by atoms with van der Waals surface area (Å²) < 4.78 is 6.09. The SMILES string of the molecule is COc1ccc(Br)cc1NC(C(=O)O)c1ccccc1. The maximum Gasteiger partial charge on any atom is 0.330 e. The van der Waals surface area contributed by atoms with Crippen LogP contribution in [-0.4, -0.2) is 18.2 Å². The Balaban J connectivity index is 2.34. The lowest BCUT2D eigenvalue weighted by Gasteiger charge is -2.18. The Labute approximate surface area is 125 Å². The van der Waals surface area contributed by atoms with Gasteiger partial charge in [0.2, 0.25) is 0 Å². The molecule has 2 N–H and O–H groups in total. The Hall–Kier alpha value is -2.01. The molecule has 2 aromatic rings. The molecule has 0 saturated carbocycles. The van der Waals surface area contributed by atoms with Crippen LogP contribution >= 0.6 is 15.9 Å². The highest BCUT2D eigenvalue weighted by Crippen LogP contribution is 2.31. The van der Waals surface area contributed by atoms with Gasteiger partial charge in [-0.15, -0.1) is 0 Å². The fourth-order valence-corrected chi connectivity index (χ4v) is 2.24. The van der Waals surface area contributed by atoms with Gasteiger partial charge in [-0.3, -0.25) is 0 Å². The molecule has 2 aromatic carbocycles. The zero-order valence-electron chi connectivity index (χ0n) is 10.8. The lowest BCUT2D eigenvalue weighted by Crippen LogP contribution is -2.20. The van der Waals surface area contributed by atoms with Gasteiger partial charge in [0.15, 0.2) is 6.04 Å². The zero-order valence-corrected chi connectivity index (χ0v) is 12.4. The molecular formula is C15H14BrNO3. The van der Waals surface area contributed by atoms with E-state index in [1.54, 1.807) is 31.4 Å². The standard InChI is InChI=1S/C15H14BrNO3/c1-20-13-8-7-11(16)9-12(13)17-14(15(18)19)10-5-3-2-4-6-10/h2-9,14,17H,1H3,(H,18,19). The van der Waals surface area contributed by atoms with Crippen LogP contribution in [0.3, 0.4) is 0 Å². The van der Waals surface area contributed by atoms with Crippen molar-refractivity contribution in [3.8, 4) is 5.75 Å². The Kier molecular flexibility index (Phi) is 4.63. The van der Waals surface area contributed by atoms with Gasteiger partial charge in [0, 0.05) is 4.47 Å². The number of methoxy groups -OCH3 is 1. The monoisotopic (exact) mass is 335 g/mol. The van der Waals surface area contributed by atoms with Crippen molar-refractivity contribution in [2.24, 2.45) is 0 Å². The number of anilines is 1. The van der Waals surface area contributed by atoms with E-state index >= 15 is 0 Å². The second kappa shape index (κ2) is 6.43. The van der Waals surface area contributed by atoms with Crippen molar-refractivity contribution >= 4 is 27.6 Å². The van der Waals surface area contributed by atoms with Gasteiger partial charge in [0.05, 0.1) is 12.8 Å². The summed E-state index contributed by atoms with van der Waals surface area (Å²) >= 11 is 3.37. The highest BCUT2D eigenvalue weighted by Gasteiger charge is 2.20. The third kappa shape index (κ3) is 3.30. The molecule has 104 valence electrons. The number of rotatable bonds is 5. The maximum atomic E-state index is 11.5. The van der Waals surface area contributed by atoms with Crippen LogP contribution in [0.25, 0.3) is 0 Å². The normalized spacial score (nSPS) is 11.7. The van der Waals surface area contributed by atoms with Crippen molar-refractivity contribution in [2.45, 2.75) is 6.04 Å². The van der Waals surface area contributed by atoms with Gasteiger partial charge in [0.25, 0.3) is 0 Å². The van der Waals surface area contributed by atoms with Crippen LogP contribution in [0, 0.1) is 0 Å². The molecule has 20 heavy (non-hydrogen) atoms. The molecule has 4 nitrogen and oxygen atoms in total. The van der Waals surface area contributed by atoms with Gasteiger partial charge < -0.3 is 15.2 Å². The van der Waals surface area contributed by atoms with Crippen LogP contribution in [-0.2, 0) is 4.79 Å². The molecule has 0 spiro atoms. The summed E-state index contributed by atoms with van der Waals surface area (Å²) in [4.78, 5) is 11.5. The second-order valence-electron chi connectivity index (χ2n) is 4.17. The average molecular weight is 336 g/mol. The first-order chi connectivity index (χ1) is 9.61. The number of carboxylic acids is 1. The average Bonchev–Trinajstić information content (AvgIpc) is 2.45. The summed E-state index contributed by atoms with van der Waals surface area (Å²) in [6.45, 7) is 0. The molecule has 0 aliphatic heterocycles. The molecule has 1 unspecified atom stereocenters. The van der Waals surface area contributed by atoms with Crippen molar-refractivity contribution in [1.82, 2.24) is 0 Å². The molecular weight excluding hydrogens is 322 g/mol. The summed E-state index contributed by atoms with van der Waals surface area (Å²) in [5.74, 6) is -0.353. The third-order valence-corrected chi connectivity index (χ3v) is 3.33. The molecule has 0 radical (unpaired) electrons. The van der Waals surface area contributed by atoms with Crippen molar-refractivity contribution in [2.75, 3.05) is 12.4 Å². The van der Waals surface area contributed by atoms with Gasteiger partial charge in [-0.1, -0.05) is 46.3 Å². The fourth-order valence-electron chi connectivity index (χ4n) is 1.88. The first kappa shape index (κ1) is 14.4. The Morgan fingerprint density at radius 1 is 1.25 bits per heavy atom. The van der Waals surface area contributed by atoms with Crippen molar-refractivity contribution < 1.29 is 14.6 Å². The number of carbonyl (C=O) groups is 1. The lowest BCUT2D eigenvalue weighted by atomic mass is 10.1. The first-order valence-corrected chi connectivity index (χ1v) is 6.79. The highest BCUT2D eigenvalue weighted by atomic mass is 79.9. The van der Waals surface area contributed by atoms with Crippen LogP contribution in [0.15, 0.2) is 53.0 Å². The number of ether oxygens (including phenoxy) is 1. The number of benzene rings is 2. The van der Waals surface area contributed by atoms with E-state index < -0.39 is 12.0 Å². The molecule has 2 rings (SSSR count). The molecule has 0 aromatic heterocycles. The van der Waals surface area contributed by atoms with Gasteiger partial charge in [-0.25, -0.2) is 4.79 Å².